The van der Waals surface area contributed by atoms with Gasteiger partial charge >= 0.3 is 0 Å². The Labute approximate surface area is 133 Å². The smallest absolute Gasteiger partial charge is 0.255 e. The molecule has 1 aromatic carbocycles. The molecular weight excluding hydrogens is 302 g/mol. The van der Waals surface area contributed by atoms with Crippen LogP contribution in [0.2, 0.25) is 5.15 Å². The Kier molecular flexibility index (Phi) is 4.56. The summed E-state index contributed by atoms with van der Waals surface area (Å²) in [5.74, 6) is -0.204. The molecule has 0 radical (unpaired) electrons. The summed E-state index contributed by atoms with van der Waals surface area (Å²) in [4.78, 5) is 18.5. The van der Waals surface area contributed by atoms with Gasteiger partial charge in [-0.05, 0) is 24.3 Å². The maximum atomic E-state index is 12.4. The molecular formula is C16H16ClN3O2. The molecule has 114 valence electrons. The fourth-order valence-electron chi connectivity index (χ4n) is 2.40. The number of anilines is 2. The van der Waals surface area contributed by atoms with Gasteiger partial charge in [-0.2, -0.15) is 0 Å². The Bertz CT molecular complexity index is 672. The molecule has 1 saturated heterocycles. The first-order chi connectivity index (χ1) is 10.7. The average Bonchev–Trinajstić information content (AvgIpc) is 2.56. The number of carbonyl (C=O) groups excluding carboxylic acids is 1. The van der Waals surface area contributed by atoms with Gasteiger partial charge in [0.2, 0.25) is 0 Å². The summed E-state index contributed by atoms with van der Waals surface area (Å²) in [6.45, 7) is 3.02. The Morgan fingerprint density at radius 3 is 2.77 bits per heavy atom. The van der Waals surface area contributed by atoms with Gasteiger partial charge in [0, 0.05) is 24.8 Å². The summed E-state index contributed by atoms with van der Waals surface area (Å²) in [6, 6.07) is 10.9. The molecule has 22 heavy (non-hydrogen) atoms. The largest absolute Gasteiger partial charge is 0.378 e. The lowest BCUT2D eigenvalue weighted by atomic mass is 10.2. The molecule has 1 N–H and O–H groups in total. The molecule has 6 heteroatoms. The van der Waals surface area contributed by atoms with Gasteiger partial charge in [-0.1, -0.05) is 23.7 Å². The number of aromatic nitrogens is 1. The average molecular weight is 318 g/mol. The quantitative estimate of drug-likeness (QED) is 0.884. The number of amides is 1. The Hall–Kier alpha value is -2.11. The van der Waals surface area contributed by atoms with Crippen LogP contribution in [0.3, 0.4) is 0 Å². The van der Waals surface area contributed by atoms with E-state index in [4.69, 9.17) is 16.3 Å². The van der Waals surface area contributed by atoms with Crippen molar-refractivity contribution in [1.29, 1.82) is 0 Å². The second kappa shape index (κ2) is 6.77. The van der Waals surface area contributed by atoms with E-state index in [2.05, 4.69) is 15.2 Å². The van der Waals surface area contributed by atoms with Crippen LogP contribution in [0.25, 0.3) is 0 Å². The summed E-state index contributed by atoms with van der Waals surface area (Å²) in [6.07, 6.45) is 1.52. The zero-order chi connectivity index (χ0) is 15.4. The lowest BCUT2D eigenvalue weighted by Gasteiger charge is -2.30. The number of para-hydroxylation sites is 2. The van der Waals surface area contributed by atoms with Crippen LogP contribution in [-0.4, -0.2) is 37.2 Å². The molecule has 1 aliphatic rings. The number of carbonyl (C=O) groups is 1. The normalized spacial score (nSPS) is 14.7. The van der Waals surface area contributed by atoms with E-state index in [0.29, 0.717) is 23.9 Å². The van der Waals surface area contributed by atoms with Crippen molar-refractivity contribution in [2.24, 2.45) is 0 Å². The third-order valence-electron chi connectivity index (χ3n) is 3.49. The van der Waals surface area contributed by atoms with E-state index in [1.165, 1.54) is 6.20 Å². The molecule has 0 spiro atoms. The van der Waals surface area contributed by atoms with Gasteiger partial charge in [-0.25, -0.2) is 4.98 Å². The van der Waals surface area contributed by atoms with Gasteiger partial charge < -0.3 is 15.0 Å². The molecule has 0 aliphatic carbocycles. The molecule has 1 aromatic heterocycles. The summed E-state index contributed by atoms with van der Waals surface area (Å²) < 4.78 is 5.37. The lowest BCUT2D eigenvalue weighted by molar-refractivity contribution is 0.102. The van der Waals surface area contributed by atoms with Crippen LogP contribution < -0.4 is 10.2 Å². The number of halogens is 1. The number of rotatable bonds is 3. The zero-order valence-electron chi connectivity index (χ0n) is 12.0. The standard InChI is InChI=1S/C16H16ClN3O2/c17-15-11-12(5-6-18-15)16(21)19-13-3-1-2-4-14(13)20-7-9-22-10-8-20/h1-6,11H,7-10H2,(H,19,21). The number of hydrogen-bond acceptors (Lipinski definition) is 4. The van der Waals surface area contributed by atoms with Crippen LogP contribution in [0.5, 0.6) is 0 Å². The second-order valence-electron chi connectivity index (χ2n) is 4.94. The SMILES string of the molecule is O=C(Nc1ccccc1N1CCOCC1)c1ccnc(Cl)c1. The van der Waals surface area contributed by atoms with Gasteiger partial charge in [-0.3, -0.25) is 4.79 Å². The Morgan fingerprint density at radius 1 is 1.23 bits per heavy atom. The monoisotopic (exact) mass is 317 g/mol. The first-order valence-electron chi connectivity index (χ1n) is 7.09. The van der Waals surface area contributed by atoms with Crippen molar-refractivity contribution in [3.63, 3.8) is 0 Å². The fraction of sp³-hybridized carbons (Fsp3) is 0.250. The molecule has 1 amide bonds. The highest BCUT2D eigenvalue weighted by atomic mass is 35.5. The van der Waals surface area contributed by atoms with Crippen LogP contribution in [0, 0.1) is 0 Å². The predicted octanol–water partition coefficient (Wildman–Crippen LogP) is 2.82. The van der Waals surface area contributed by atoms with E-state index in [1.807, 2.05) is 24.3 Å². The zero-order valence-corrected chi connectivity index (χ0v) is 12.7. The number of hydrogen-bond donors (Lipinski definition) is 1. The number of pyridine rings is 1. The molecule has 1 aliphatic heterocycles. The van der Waals surface area contributed by atoms with Crippen molar-refractivity contribution < 1.29 is 9.53 Å². The van der Waals surface area contributed by atoms with Crippen molar-refractivity contribution in [3.05, 3.63) is 53.3 Å². The molecule has 0 atom stereocenters. The van der Waals surface area contributed by atoms with Gasteiger partial charge in [0.05, 0.1) is 24.6 Å². The molecule has 3 rings (SSSR count). The number of benzene rings is 1. The first-order valence-corrected chi connectivity index (χ1v) is 7.46. The maximum Gasteiger partial charge on any atom is 0.255 e. The van der Waals surface area contributed by atoms with Gasteiger partial charge in [0.15, 0.2) is 0 Å². The van der Waals surface area contributed by atoms with E-state index in [-0.39, 0.29) is 5.91 Å². The molecule has 0 saturated carbocycles. The van der Waals surface area contributed by atoms with E-state index < -0.39 is 0 Å². The molecule has 1 fully saturated rings. The van der Waals surface area contributed by atoms with Crippen LogP contribution in [-0.2, 0) is 4.74 Å². The van der Waals surface area contributed by atoms with Crippen molar-refractivity contribution in [1.82, 2.24) is 4.98 Å². The first kappa shape index (κ1) is 14.8. The van der Waals surface area contributed by atoms with Crippen molar-refractivity contribution >= 4 is 28.9 Å². The van der Waals surface area contributed by atoms with E-state index in [0.717, 1.165) is 24.5 Å². The third kappa shape index (κ3) is 3.37. The molecule has 2 aromatic rings. The van der Waals surface area contributed by atoms with Crippen molar-refractivity contribution in [2.75, 3.05) is 36.5 Å². The molecule has 5 nitrogen and oxygen atoms in total. The minimum atomic E-state index is -0.204. The third-order valence-corrected chi connectivity index (χ3v) is 3.70. The highest BCUT2D eigenvalue weighted by Gasteiger charge is 2.16. The highest BCUT2D eigenvalue weighted by molar-refractivity contribution is 6.29. The summed E-state index contributed by atoms with van der Waals surface area (Å²) >= 11 is 5.83. The van der Waals surface area contributed by atoms with E-state index in [1.54, 1.807) is 12.1 Å². The van der Waals surface area contributed by atoms with E-state index >= 15 is 0 Å². The lowest BCUT2D eigenvalue weighted by Crippen LogP contribution is -2.36. The maximum absolute atomic E-state index is 12.4. The Balaban J connectivity index is 1.81. The van der Waals surface area contributed by atoms with E-state index in [9.17, 15) is 4.79 Å². The topological polar surface area (TPSA) is 54.5 Å². The van der Waals surface area contributed by atoms with Gasteiger partial charge in [0.1, 0.15) is 5.15 Å². The Morgan fingerprint density at radius 2 is 2.00 bits per heavy atom. The molecule has 0 bridgehead atoms. The summed E-state index contributed by atoms with van der Waals surface area (Å²) in [5.41, 5.74) is 2.26. The van der Waals surface area contributed by atoms with Crippen LogP contribution >= 0.6 is 11.6 Å². The van der Waals surface area contributed by atoms with Crippen molar-refractivity contribution in [2.45, 2.75) is 0 Å². The second-order valence-corrected chi connectivity index (χ2v) is 5.33. The molecule has 2 heterocycles. The number of nitrogens with one attached hydrogen (secondary N) is 1. The van der Waals surface area contributed by atoms with Crippen LogP contribution in [0.1, 0.15) is 10.4 Å². The van der Waals surface area contributed by atoms with Gasteiger partial charge in [-0.15, -0.1) is 0 Å². The van der Waals surface area contributed by atoms with Crippen LogP contribution in [0.4, 0.5) is 11.4 Å². The molecule has 0 unspecified atom stereocenters. The van der Waals surface area contributed by atoms with Crippen LogP contribution in [0.15, 0.2) is 42.6 Å². The highest BCUT2D eigenvalue weighted by Crippen LogP contribution is 2.26. The minimum Gasteiger partial charge on any atom is -0.378 e. The predicted molar refractivity (Wildman–Crippen MR) is 86.7 cm³/mol. The number of morpholine rings is 1. The van der Waals surface area contributed by atoms with Crippen molar-refractivity contribution in [3.8, 4) is 0 Å². The fourth-order valence-corrected chi connectivity index (χ4v) is 2.57. The summed E-state index contributed by atoms with van der Waals surface area (Å²) in [5, 5.41) is 3.24. The number of ether oxygens (including phenoxy) is 1. The summed E-state index contributed by atoms with van der Waals surface area (Å²) in [7, 11) is 0. The number of nitrogens with zero attached hydrogens (tertiary/aromatic N) is 2. The van der Waals surface area contributed by atoms with Gasteiger partial charge in [0.25, 0.3) is 5.91 Å². The minimum absolute atomic E-state index is 0.204.